The van der Waals surface area contributed by atoms with Crippen LogP contribution in [0.3, 0.4) is 0 Å². The standard InChI is InChI=1S/C11H10O4S.Na/c1-7-6-10(16(13,14)15)8-4-2-3-5-9(8)11(7)12;/h2-6,12H,1H3,(H,13,14,15);/q;+1/p-1. The molecule has 0 bridgehead atoms. The molecule has 84 valence electrons. The number of hydrogen-bond acceptors (Lipinski definition) is 4. The van der Waals surface area contributed by atoms with Crippen molar-refractivity contribution in [1.82, 2.24) is 0 Å². The first-order chi connectivity index (χ1) is 7.41. The van der Waals surface area contributed by atoms with E-state index in [-0.39, 0.29) is 45.6 Å². The number of aryl methyl sites for hydroxylation is 1. The molecular formula is C11H9NaO4S. The molecule has 0 amide bonds. The SMILES string of the molecule is Cc1cc(S(=O)(=O)[O-])c2ccccc2c1O.[Na+]. The number of rotatable bonds is 1. The molecule has 17 heavy (non-hydrogen) atoms. The zero-order chi connectivity index (χ0) is 11.9. The van der Waals surface area contributed by atoms with E-state index in [2.05, 4.69) is 0 Å². The van der Waals surface area contributed by atoms with Crippen molar-refractivity contribution < 1.29 is 47.6 Å². The maximum absolute atomic E-state index is 11.1. The second-order valence-electron chi connectivity index (χ2n) is 3.54. The molecule has 0 aliphatic heterocycles. The molecule has 0 saturated carbocycles. The van der Waals surface area contributed by atoms with Crippen LogP contribution in [0.2, 0.25) is 0 Å². The predicted molar refractivity (Wildman–Crippen MR) is 58.3 cm³/mol. The van der Waals surface area contributed by atoms with E-state index in [0.29, 0.717) is 10.9 Å². The molecule has 0 aliphatic carbocycles. The van der Waals surface area contributed by atoms with E-state index in [0.717, 1.165) is 0 Å². The maximum atomic E-state index is 11.1. The molecule has 0 unspecified atom stereocenters. The molecule has 2 rings (SSSR count). The van der Waals surface area contributed by atoms with Crippen molar-refractivity contribution in [3.63, 3.8) is 0 Å². The number of phenols is 1. The van der Waals surface area contributed by atoms with Gasteiger partial charge in [0, 0.05) is 10.8 Å². The Morgan fingerprint density at radius 1 is 1.18 bits per heavy atom. The van der Waals surface area contributed by atoms with Crippen molar-refractivity contribution in [2.24, 2.45) is 0 Å². The van der Waals surface area contributed by atoms with Crippen LogP contribution >= 0.6 is 0 Å². The average molecular weight is 260 g/mol. The Kier molecular flexibility index (Phi) is 4.22. The van der Waals surface area contributed by atoms with E-state index in [1.165, 1.54) is 12.1 Å². The third-order valence-electron chi connectivity index (χ3n) is 2.44. The van der Waals surface area contributed by atoms with Crippen LogP contribution in [0.15, 0.2) is 35.2 Å². The van der Waals surface area contributed by atoms with Crippen LogP contribution in [0.5, 0.6) is 5.75 Å². The van der Waals surface area contributed by atoms with Gasteiger partial charge in [-0.1, -0.05) is 24.3 Å². The van der Waals surface area contributed by atoms with Crippen molar-refractivity contribution in [2.75, 3.05) is 0 Å². The molecule has 0 spiro atoms. The zero-order valence-corrected chi connectivity index (χ0v) is 12.3. The van der Waals surface area contributed by atoms with Gasteiger partial charge in [0.15, 0.2) is 0 Å². The average Bonchev–Trinajstić information content (AvgIpc) is 2.22. The summed E-state index contributed by atoms with van der Waals surface area (Å²) in [6.45, 7) is 1.55. The molecule has 1 N–H and O–H groups in total. The number of aromatic hydroxyl groups is 1. The first kappa shape index (κ1) is 14.5. The van der Waals surface area contributed by atoms with E-state index in [1.54, 1.807) is 25.1 Å². The molecule has 2 aromatic carbocycles. The minimum Gasteiger partial charge on any atom is -0.744 e. The van der Waals surface area contributed by atoms with Gasteiger partial charge in [0.25, 0.3) is 0 Å². The predicted octanol–water partition coefficient (Wildman–Crippen LogP) is -1.24. The van der Waals surface area contributed by atoms with Gasteiger partial charge in [0.1, 0.15) is 15.9 Å². The van der Waals surface area contributed by atoms with Gasteiger partial charge < -0.3 is 9.66 Å². The van der Waals surface area contributed by atoms with Crippen LogP contribution in [0.4, 0.5) is 0 Å². The quantitative estimate of drug-likeness (QED) is 0.514. The molecule has 0 aliphatic rings. The van der Waals surface area contributed by atoms with E-state index < -0.39 is 10.1 Å². The first-order valence-electron chi connectivity index (χ1n) is 4.58. The third-order valence-corrected chi connectivity index (χ3v) is 3.31. The van der Waals surface area contributed by atoms with Crippen molar-refractivity contribution in [3.05, 3.63) is 35.9 Å². The monoisotopic (exact) mass is 260 g/mol. The fourth-order valence-corrected chi connectivity index (χ4v) is 2.43. The molecule has 0 fully saturated rings. The normalized spacial score (nSPS) is 11.2. The number of benzene rings is 2. The Balaban J connectivity index is 0.00000144. The maximum Gasteiger partial charge on any atom is 1.00 e. The first-order valence-corrected chi connectivity index (χ1v) is 5.99. The van der Waals surface area contributed by atoms with E-state index >= 15 is 0 Å². The summed E-state index contributed by atoms with van der Waals surface area (Å²) in [6, 6.07) is 7.56. The van der Waals surface area contributed by atoms with Crippen molar-refractivity contribution in [1.29, 1.82) is 0 Å². The van der Waals surface area contributed by atoms with Gasteiger partial charge in [-0.2, -0.15) is 0 Å². The van der Waals surface area contributed by atoms with Crippen LogP contribution in [0, 0.1) is 6.92 Å². The van der Waals surface area contributed by atoms with Gasteiger partial charge in [-0.05, 0) is 18.6 Å². The number of phenolic OH excluding ortho intramolecular Hbond substituents is 1. The smallest absolute Gasteiger partial charge is 0.744 e. The van der Waals surface area contributed by atoms with Gasteiger partial charge >= 0.3 is 29.6 Å². The molecular weight excluding hydrogens is 251 g/mol. The summed E-state index contributed by atoms with van der Waals surface area (Å²) in [5, 5.41) is 10.4. The summed E-state index contributed by atoms with van der Waals surface area (Å²) < 4.78 is 33.2. The topological polar surface area (TPSA) is 77.4 Å². The fourth-order valence-electron chi connectivity index (χ4n) is 1.67. The van der Waals surface area contributed by atoms with Crippen molar-refractivity contribution in [2.45, 2.75) is 11.8 Å². The Bertz CT molecular complexity index is 664. The van der Waals surface area contributed by atoms with Crippen LogP contribution in [-0.4, -0.2) is 18.1 Å². The molecule has 0 atom stereocenters. The minimum absolute atomic E-state index is 0. The molecule has 0 saturated heterocycles. The number of fused-ring (bicyclic) bond motifs is 1. The van der Waals surface area contributed by atoms with E-state index in [1.807, 2.05) is 0 Å². The van der Waals surface area contributed by atoms with Crippen LogP contribution in [0.1, 0.15) is 5.56 Å². The van der Waals surface area contributed by atoms with Gasteiger partial charge in [-0.3, -0.25) is 0 Å². The summed E-state index contributed by atoms with van der Waals surface area (Å²) in [6.07, 6.45) is 0. The molecule has 0 heterocycles. The van der Waals surface area contributed by atoms with Gasteiger partial charge in [0.05, 0.1) is 4.90 Å². The summed E-state index contributed by atoms with van der Waals surface area (Å²) in [5.41, 5.74) is 0.369. The van der Waals surface area contributed by atoms with E-state index in [9.17, 15) is 18.1 Å². The minimum atomic E-state index is -4.53. The van der Waals surface area contributed by atoms with Gasteiger partial charge in [-0.25, -0.2) is 8.42 Å². The van der Waals surface area contributed by atoms with Crippen LogP contribution in [-0.2, 0) is 10.1 Å². The Hall–Kier alpha value is -0.590. The van der Waals surface area contributed by atoms with Gasteiger partial charge in [-0.15, -0.1) is 0 Å². The third kappa shape index (κ3) is 2.64. The van der Waals surface area contributed by atoms with Crippen LogP contribution in [0.25, 0.3) is 10.8 Å². The zero-order valence-electron chi connectivity index (χ0n) is 9.47. The Labute approximate surface area is 121 Å². The fraction of sp³-hybridized carbons (Fsp3) is 0.0909. The van der Waals surface area contributed by atoms with Crippen molar-refractivity contribution >= 4 is 20.9 Å². The van der Waals surface area contributed by atoms with Gasteiger partial charge in [0.2, 0.25) is 0 Å². The summed E-state index contributed by atoms with van der Waals surface area (Å²) >= 11 is 0. The van der Waals surface area contributed by atoms with Crippen LogP contribution < -0.4 is 29.6 Å². The Morgan fingerprint density at radius 2 is 1.71 bits per heavy atom. The summed E-state index contributed by atoms with van der Waals surface area (Å²) in [7, 11) is -4.53. The molecule has 6 heteroatoms. The number of hydrogen-bond donors (Lipinski definition) is 1. The summed E-state index contributed by atoms with van der Waals surface area (Å²) in [5.74, 6) is 0.00278. The van der Waals surface area contributed by atoms with E-state index in [4.69, 9.17) is 0 Å². The largest absolute Gasteiger partial charge is 1.00 e. The second kappa shape index (κ2) is 4.96. The second-order valence-corrected chi connectivity index (χ2v) is 4.89. The molecule has 4 nitrogen and oxygen atoms in total. The van der Waals surface area contributed by atoms with Crippen molar-refractivity contribution in [3.8, 4) is 5.75 Å². The molecule has 2 aromatic rings. The summed E-state index contributed by atoms with van der Waals surface area (Å²) in [4.78, 5) is -0.293. The Morgan fingerprint density at radius 3 is 2.24 bits per heavy atom. The molecule has 0 radical (unpaired) electrons. The molecule has 0 aromatic heterocycles.